The van der Waals surface area contributed by atoms with Crippen LogP contribution in [0.2, 0.25) is 0 Å². The molecule has 6 heteroatoms. The number of H-pyrrole nitrogens is 1. The predicted octanol–water partition coefficient (Wildman–Crippen LogP) is 2.09. The Morgan fingerprint density at radius 3 is 2.84 bits per heavy atom. The van der Waals surface area contributed by atoms with Gasteiger partial charge in [0.15, 0.2) is 5.65 Å². The first-order valence-corrected chi connectivity index (χ1v) is 7.03. The summed E-state index contributed by atoms with van der Waals surface area (Å²) < 4.78 is 0. The van der Waals surface area contributed by atoms with E-state index in [1.165, 1.54) is 32.1 Å². The number of nitrogen functional groups attached to an aromatic ring is 1. The second-order valence-electron chi connectivity index (χ2n) is 5.12. The second-order valence-corrected chi connectivity index (χ2v) is 5.12. The van der Waals surface area contributed by atoms with Crippen LogP contribution in [0.5, 0.6) is 0 Å². The molecule has 0 atom stereocenters. The number of rotatable bonds is 3. The highest BCUT2D eigenvalue weighted by Crippen LogP contribution is 2.30. The van der Waals surface area contributed by atoms with Crippen LogP contribution in [-0.4, -0.2) is 32.8 Å². The maximum absolute atomic E-state index is 5.81. The van der Waals surface area contributed by atoms with Gasteiger partial charge in [-0.2, -0.15) is 15.1 Å². The van der Waals surface area contributed by atoms with Gasteiger partial charge in [0, 0.05) is 12.6 Å². The van der Waals surface area contributed by atoms with Crippen molar-refractivity contribution >= 4 is 22.8 Å². The molecule has 1 aliphatic rings. The summed E-state index contributed by atoms with van der Waals surface area (Å²) in [6, 6.07) is 0.561. The molecular weight excluding hydrogens is 240 g/mol. The van der Waals surface area contributed by atoms with Crippen molar-refractivity contribution in [1.29, 1.82) is 0 Å². The van der Waals surface area contributed by atoms with Crippen molar-refractivity contribution in [3.8, 4) is 0 Å². The zero-order chi connectivity index (χ0) is 13.2. The van der Waals surface area contributed by atoms with Gasteiger partial charge in [-0.3, -0.25) is 5.10 Å². The molecule has 3 N–H and O–H groups in total. The normalized spacial score (nSPS) is 16.9. The molecule has 0 aromatic carbocycles. The van der Waals surface area contributed by atoms with Gasteiger partial charge in [-0.25, -0.2) is 0 Å². The summed E-state index contributed by atoms with van der Waals surface area (Å²) in [5.41, 5.74) is 6.53. The molecule has 0 radical (unpaired) electrons. The van der Waals surface area contributed by atoms with Crippen molar-refractivity contribution < 1.29 is 0 Å². The van der Waals surface area contributed by atoms with Crippen LogP contribution in [0.15, 0.2) is 6.20 Å². The molecule has 1 saturated carbocycles. The Morgan fingerprint density at radius 1 is 1.32 bits per heavy atom. The fraction of sp³-hybridized carbons (Fsp3) is 0.615. The van der Waals surface area contributed by atoms with Crippen LogP contribution < -0.4 is 10.6 Å². The molecule has 0 saturated heterocycles. The summed E-state index contributed by atoms with van der Waals surface area (Å²) in [4.78, 5) is 11.0. The predicted molar refractivity (Wildman–Crippen MR) is 76.0 cm³/mol. The molecule has 2 heterocycles. The number of hydrogen-bond donors (Lipinski definition) is 2. The zero-order valence-corrected chi connectivity index (χ0v) is 11.3. The summed E-state index contributed by atoms with van der Waals surface area (Å²) in [6.07, 6.45) is 8.21. The minimum atomic E-state index is 0.306. The molecule has 102 valence electrons. The molecular formula is C13H20N6. The molecule has 6 nitrogen and oxygen atoms in total. The molecule has 2 aromatic rings. The van der Waals surface area contributed by atoms with E-state index in [0.29, 0.717) is 12.0 Å². The van der Waals surface area contributed by atoms with Crippen LogP contribution in [0.4, 0.5) is 11.8 Å². The Hall–Kier alpha value is -1.85. The van der Waals surface area contributed by atoms with Crippen LogP contribution in [-0.2, 0) is 0 Å². The second kappa shape index (κ2) is 5.03. The standard InChI is InChI=1S/C13H20N6/c1-2-19(9-6-4-3-5-7-9)12-10-8-15-18-11(10)16-13(14)17-12/h8-9H,2-7H2,1H3,(H3,14,15,16,17,18). The van der Waals surface area contributed by atoms with Crippen LogP contribution in [0.3, 0.4) is 0 Å². The van der Waals surface area contributed by atoms with Crippen molar-refractivity contribution in [2.24, 2.45) is 0 Å². The van der Waals surface area contributed by atoms with Gasteiger partial charge in [0.2, 0.25) is 5.95 Å². The lowest BCUT2D eigenvalue weighted by molar-refractivity contribution is 0.417. The molecule has 1 aliphatic carbocycles. The van der Waals surface area contributed by atoms with E-state index in [4.69, 9.17) is 5.73 Å². The van der Waals surface area contributed by atoms with E-state index in [-0.39, 0.29) is 0 Å². The fourth-order valence-corrected chi connectivity index (χ4v) is 3.03. The third kappa shape index (κ3) is 2.22. The van der Waals surface area contributed by atoms with Gasteiger partial charge in [0.05, 0.1) is 11.6 Å². The van der Waals surface area contributed by atoms with E-state index in [0.717, 1.165) is 23.4 Å². The number of nitrogens with two attached hydrogens (primary N) is 1. The highest BCUT2D eigenvalue weighted by Gasteiger charge is 2.23. The van der Waals surface area contributed by atoms with Crippen molar-refractivity contribution in [2.75, 3.05) is 17.2 Å². The lowest BCUT2D eigenvalue weighted by Crippen LogP contribution is -2.37. The largest absolute Gasteiger partial charge is 0.368 e. The van der Waals surface area contributed by atoms with E-state index in [9.17, 15) is 0 Å². The first-order chi connectivity index (χ1) is 9.29. The van der Waals surface area contributed by atoms with Gasteiger partial charge in [0.25, 0.3) is 0 Å². The first-order valence-electron chi connectivity index (χ1n) is 7.03. The molecule has 19 heavy (non-hydrogen) atoms. The summed E-state index contributed by atoms with van der Waals surface area (Å²) in [5, 5.41) is 7.89. The van der Waals surface area contributed by atoms with Gasteiger partial charge in [0.1, 0.15) is 5.82 Å². The molecule has 1 fully saturated rings. The minimum Gasteiger partial charge on any atom is -0.368 e. The van der Waals surface area contributed by atoms with Crippen molar-refractivity contribution in [1.82, 2.24) is 20.2 Å². The molecule has 0 bridgehead atoms. The van der Waals surface area contributed by atoms with Gasteiger partial charge in [-0.1, -0.05) is 19.3 Å². The highest BCUT2D eigenvalue weighted by molar-refractivity contribution is 5.87. The van der Waals surface area contributed by atoms with Crippen LogP contribution in [0, 0.1) is 0 Å². The molecule has 2 aromatic heterocycles. The number of hydrogen-bond acceptors (Lipinski definition) is 5. The quantitative estimate of drug-likeness (QED) is 0.882. The number of aromatic nitrogens is 4. The Labute approximate surface area is 112 Å². The number of nitrogens with one attached hydrogen (secondary N) is 1. The lowest BCUT2D eigenvalue weighted by atomic mass is 9.94. The Morgan fingerprint density at radius 2 is 2.11 bits per heavy atom. The van der Waals surface area contributed by atoms with Gasteiger partial charge < -0.3 is 10.6 Å². The third-order valence-corrected chi connectivity index (χ3v) is 3.94. The van der Waals surface area contributed by atoms with Crippen molar-refractivity contribution in [3.05, 3.63) is 6.20 Å². The Bertz CT molecular complexity index is 557. The van der Waals surface area contributed by atoms with Gasteiger partial charge in [-0.15, -0.1) is 0 Å². The molecule has 0 aliphatic heterocycles. The van der Waals surface area contributed by atoms with Crippen LogP contribution >= 0.6 is 0 Å². The first kappa shape index (κ1) is 12.2. The molecule has 3 rings (SSSR count). The van der Waals surface area contributed by atoms with Gasteiger partial charge in [-0.05, 0) is 19.8 Å². The number of aromatic amines is 1. The van der Waals surface area contributed by atoms with E-state index in [1.54, 1.807) is 6.20 Å². The van der Waals surface area contributed by atoms with Gasteiger partial charge >= 0.3 is 0 Å². The highest BCUT2D eigenvalue weighted by atomic mass is 15.3. The monoisotopic (exact) mass is 260 g/mol. The van der Waals surface area contributed by atoms with Crippen LogP contribution in [0.1, 0.15) is 39.0 Å². The van der Waals surface area contributed by atoms with Crippen LogP contribution in [0.25, 0.3) is 11.0 Å². The summed E-state index contributed by atoms with van der Waals surface area (Å²) in [5.74, 6) is 1.23. The zero-order valence-electron chi connectivity index (χ0n) is 11.3. The molecule has 0 spiro atoms. The Kier molecular flexibility index (Phi) is 3.23. The average Bonchev–Trinajstić information content (AvgIpc) is 2.89. The summed E-state index contributed by atoms with van der Waals surface area (Å²) in [6.45, 7) is 3.10. The van der Waals surface area contributed by atoms with Crippen molar-refractivity contribution in [3.63, 3.8) is 0 Å². The summed E-state index contributed by atoms with van der Waals surface area (Å²) >= 11 is 0. The van der Waals surface area contributed by atoms with Crippen molar-refractivity contribution in [2.45, 2.75) is 45.1 Å². The maximum atomic E-state index is 5.81. The van der Waals surface area contributed by atoms with E-state index in [2.05, 4.69) is 32.0 Å². The third-order valence-electron chi connectivity index (χ3n) is 3.94. The molecule has 0 amide bonds. The smallest absolute Gasteiger partial charge is 0.224 e. The SMILES string of the molecule is CCN(c1nc(N)nc2[nH]ncc12)C1CCCCC1. The number of anilines is 2. The Balaban J connectivity index is 2.02. The molecule has 0 unspecified atom stereocenters. The van der Waals surface area contributed by atoms with E-state index >= 15 is 0 Å². The fourth-order valence-electron chi connectivity index (χ4n) is 3.03. The minimum absolute atomic E-state index is 0.306. The topological polar surface area (TPSA) is 83.7 Å². The lowest BCUT2D eigenvalue weighted by Gasteiger charge is -2.34. The number of fused-ring (bicyclic) bond motifs is 1. The van der Waals surface area contributed by atoms with E-state index < -0.39 is 0 Å². The van der Waals surface area contributed by atoms with E-state index in [1.807, 2.05) is 0 Å². The average molecular weight is 260 g/mol. The maximum Gasteiger partial charge on any atom is 0.224 e. The number of nitrogens with zero attached hydrogens (tertiary/aromatic N) is 4. The summed E-state index contributed by atoms with van der Waals surface area (Å²) in [7, 11) is 0.